The Bertz CT molecular complexity index is 509. The van der Waals surface area contributed by atoms with E-state index in [1.165, 1.54) is 0 Å². The third-order valence-corrected chi connectivity index (χ3v) is 2.69. The first kappa shape index (κ1) is 11.6. The number of pyridine rings is 1. The normalized spacial score (nSPS) is 12.2. The third kappa shape index (κ3) is 2.63. The van der Waals surface area contributed by atoms with Crippen LogP contribution in [-0.2, 0) is 0 Å². The molecule has 0 fully saturated rings. The van der Waals surface area contributed by atoms with Crippen molar-refractivity contribution < 1.29 is 4.74 Å². The Morgan fingerprint density at radius 1 is 1.18 bits per heavy atom. The molecule has 1 aromatic carbocycles. The zero-order valence-corrected chi connectivity index (χ0v) is 10.1. The van der Waals surface area contributed by atoms with Crippen molar-refractivity contribution in [3.8, 4) is 17.0 Å². The van der Waals surface area contributed by atoms with Crippen LogP contribution in [0.5, 0.6) is 5.88 Å². The Morgan fingerprint density at radius 2 is 1.94 bits per heavy atom. The van der Waals surface area contributed by atoms with Gasteiger partial charge in [0.1, 0.15) is 0 Å². The van der Waals surface area contributed by atoms with Crippen molar-refractivity contribution in [2.75, 3.05) is 7.11 Å². The number of benzene rings is 1. The maximum absolute atomic E-state index is 5.88. The van der Waals surface area contributed by atoms with Crippen molar-refractivity contribution in [2.24, 2.45) is 5.73 Å². The summed E-state index contributed by atoms with van der Waals surface area (Å²) in [4.78, 5) is 4.09. The lowest BCUT2D eigenvalue weighted by Gasteiger charge is -2.09. The minimum Gasteiger partial charge on any atom is -0.481 e. The van der Waals surface area contributed by atoms with Crippen LogP contribution in [0.4, 0.5) is 0 Å². The van der Waals surface area contributed by atoms with Crippen LogP contribution >= 0.6 is 0 Å². The van der Waals surface area contributed by atoms with Crippen molar-refractivity contribution in [1.82, 2.24) is 4.98 Å². The number of hydrogen-bond acceptors (Lipinski definition) is 3. The maximum Gasteiger partial charge on any atom is 0.213 e. The van der Waals surface area contributed by atoms with E-state index in [9.17, 15) is 0 Å². The maximum atomic E-state index is 5.88. The van der Waals surface area contributed by atoms with Gasteiger partial charge >= 0.3 is 0 Å². The number of aromatic nitrogens is 1. The summed E-state index contributed by atoms with van der Waals surface area (Å²) in [5.74, 6) is 0.619. The summed E-state index contributed by atoms with van der Waals surface area (Å²) < 4.78 is 5.12. The molecule has 2 N–H and O–H groups in total. The van der Waals surface area contributed by atoms with Gasteiger partial charge in [0, 0.05) is 18.3 Å². The Balaban J connectivity index is 2.41. The lowest BCUT2D eigenvalue weighted by Crippen LogP contribution is -2.04. The van der Waals surface area contributed by atoms with E-state index in [0.29, 0.717) is 5.88 Å². The van der Waals surface area contributed by atoms with Crippen molar-refractivity contribution in [3.63, 3.8) is 0 Å². The van der Waals surface area contributed by atoms with Crippen LogP contribution in [-0.4, -0.2) is 12.1 Å². The van der Waals surface area contributed by atoms with E-state index in [2.05, 4.69) is 17.1 Å². The highest BCUT2D eigenvalue weighted by atomic mass is 16.5. The summed E-state index contributed by atoms with van der Waals surface area (Å²) >= 11 is 0. The van der Waals surface area contributed by atoms with Crippen LogP contribution in [0.2, 0.25) is 0 Å². The van der Waals surface area contributed by atoms with Gasteiger partial charge in [-0.15, -0.1) is 0 Å². The predicted molar refractivity (Wildman–Crippen MR) is 68.8 cm³/mol. The summed E-state index contributed by atoms with van der Waals surface area (Å²) in [7, 11) is 1.62. The molecule has 1 heterocycles. The molecule has 0 aliphatic rings. The average Bonchev–Trinajstić information content (AvgIpc) is 2.39. The molecular weight excluding hydrogens is 212 g/mol. The van der Waals surface area contributed by atoms with Crippen molar-refractivity contribution in [1.29, 1.82) is 0 Å². The summed E-state index contributed by atoms with van der Waals surface area (Å²) in [6.45, 7) is 1.98. The molecule has 0 saturated carbocycles. The molecule has 0 aliphatic heterocycles. The number of hydrogen-bond donors (Lipinski definition) is 1. The van der Waals surface area contributed by atoms with Crippen LogP contribution < -0.4 is 10.5 Å². The van der Waals surface area contributed by atoms with Gasteiger partial charge in [0.2, 0.25) is 5.88 Å². The Kier molecular flexibility index (Phi) is 3.40. The molecule has 0 aliphatic carbocycles. The van der Waals surface area contributed by atoms with Crippen LogP contribution in [0.1, 0.15) is 18.5 Å². The van der Waals surface area contributed by atoms with E-state index in [-0.39, 0.29) is 6.04 Å². The smallest absolute Gasteiger partial charge is 0.213 e. The van der Waals surface area contributed by atoms with Gasteiger partial charge in [0.05, 0.1) is 7.11 Å². The van der Waals surface area contributed by atoms with Crippen molar-refractivity contribution in [2.45, 2.75) is 13.0 Å². The highest BCUT2D eigenvalue weighted by Gasteiger charge is 2.03. The number of nitrogens with zero attached hydrogens (tertiary/aromatic N) is 1. The molecule has 0 saturated heterocycles. The standard InChI is InChI=1S/C14H16N2O/c1-10(15)11-4-3-5-12(8-11)13-6-7-16-14(9-13)17-2/h3-10H,15H2,1-2H3. The molecule has 2 aromatic rings. The van der Waals surface area contributed by atoms with Gasteiger partial charge in [0.15, 0.2) is 0 Å². The second-order valence-corrected chi connectivity index (χ2v) is 4.00. The van der Waals surface area contributed by atoms with Gasteiger partial charge in [-0.05, 0) is 35.7 Å². The van der Waals surface area contributed by atoms with Crippen LogP contribution in [0.3, 0.4) is 0 Å². The zero-order valence-electron chi connectivity index (χ0n) is 10.1. The fourth-order valence-corrected chi connectivity index (χ4v) is 1.70. The third-order valence-electron chi connectivity index (χ3n) is 2.69. The van der Waals surface area contributed by atoms with Gasteiger partial charge in [-0.1, -0.05) is 18.2 Å². The largest absolute Gasteiger partial charge is 0.481 e. The van der Waals surface area contributed by atoms with E-state index in [4.69, 9.17) is 10.5 Å². The van der Waals surface area contributed by atoms with Crippen LogP contribution in [0.25, 0.3) is 11.1 Å². The zero-order chi connectivity index (χ0) is 12.3. The summed E-state index contributed by atoms with van der Waals surface area (Å²) in [5.41, 5.74) is 9.21. The molecule has 0 bridgehead atoms. The van der Waals surface area contributed by atoms with Gasteiger partial charge in [-0.25, -0.2) is 4.98 Å². The molecule has 1 atom stereocenters. The van der Waals surface area contributed by atoms with Gasteiger partial charge in [-0.2, -0.15) is 0 Å². The Morgan fingerprint density at radius 3 is 2.65 bits per heavy atom. The van der Waals surface area contributed by atoms with Crippen molar-refractivity contribution >= 4 is 0 Å². The molecule has 0 radical (unpaired) electrons. The van der Waals surface area contributed by atoms with Crippen molar-refractivity contribution in [3.05, 3.63) is 48.2 Å². The molecular formula is C14H16N2O. The number of ether oxygens (including phenoxy) is 1. The minimum absolute atomic E-state index is 0.0404. The Hall–Kier alpha value is -1.87. The second kappa shape index (κ2) is 4.97. The lowest BCUT2D eigenvalue weighted by atomic mass is 10.0. The SMILES string of the molecule is COc1cc(-c2cccc(C(C)N)c2)ccn1. The molecule has 1 unspecified atom stereocenters. The fourth-order valence-electron chi connectivity index (χ4n) is 1.70. The van der Waals surface area contributed by atoms with E-state index >= 15 is 0 Å². The van der Waals surface area contributed by atoms with Crippen LogP contribution in [0.15, 0.2) is 42.6 Å². The first-order valence-electron chi connectivity index (χ1n) is 5.56. The highest BCUT2D eigenvalue weighted by Crippen LogP contribution is 2.24. The quantitative estimate of drug-likeness (QED) is 0.878. The van der Waals surface area contributed by atoms with E-state index < -0.39 is 0 Å². The van der Waals surface area contributed by atoms with Gasteiger partial charge in [-0.3, -0.25) is 0 Å². The fraction of sp³-hybridized carbons (Fsp3) is 0.214. The molecule has 0 amide bonds. The number of rotatable bonds is 3. The predicted octanol–water partition coefficient (Wildman–Crippen LogP) is 2.78. The van der Waals surface area contributed by atoms with E-state index in [1.807, 2.05) is 31.2 Å². The summed E-state index contributed by atoms with van der Waals surface area (Å²) in [5, 5.41) is 0. The molecule has 17 heavy (non-hydrogen) atoms. The Labute approximate surface area is 101 Å². The highest BCUT2D eigenvalue weighted by molar-refractivity contribution is 5.64. The molecule has 2 rings (SSSR count). The number of methoxy groups -OCH3 is 1. The van der Waals surface area contributed by atoms with Crippen LogP contribution in [0, 0.1) is 0 Å². The molecule has 3 heteroatoms. The monoisotopic (exact) mass is 228 g/mol. The first-order valence-corrected chi connectivity index (χ1v) is 5.56. The first-order chi connectivity index (χ1) is 8.20. The minimum atomic E-state index is 0.0404. The van der Waals surface area contributed by atoms with Gasteiger partial charge in [0.25, 0.3) is 0 Å². The molecule has 3 nitrogen and oxygen atoms in total. The second-order valence-electron chi connectivity index (χ2n) is 4.00. The topological polar surface area (TPSA) is 48.1 Å². The lowest BCUT2D eigenvalue weighted by molar-refractivity contribution is 0.398. The number of nitrogens with two attached hydrogens (primary N) is 1. The molecule has 88 valence electrons. The summed E-state index contributed by atoms with van der Waals surface area (Å²) in [6, 6.07) is 12.1. The molecule has 1 aromatic heterocycles. The average molecular weight is 228 g/mol. The van der Waals surface area contributed by atoms with E-state index in [0.717, 1.165) is 16.7 Å². The molecule has 0 spiro atoms. The van der Waals surface area contributed by atoms with Gasteiger partial charge < -0.3 is 10.5 Å². The summed E-state index contributed by atoms with van der Waals surface area (Å²) in [6.07, 6.45) is 1.74. The van der Waals surface area contributed by atoms with E-state index in [1.54, 1.807) is 13.3 Å².